The number of hydrogen-bond donors (Lipinski definition) is 1. The van der Waals surface area contributed by atoms with Gasteiger partial charge in [-0.1, -0.05) is 6.42 Å². The Balaban J connectivity index is 1.59. The molecule has 0 radical (unpaired) electrons. The van der Waals surface area contributed by atoms with E-state index in [1.54, 1.807) is 0 Å². The minimum Gasteiger partial charge on any atom is -0.381 e. The summed E-state index contributed by atoms with van der Waals surface area (Å²) in [6.45, 7) is 4.23. The summed E-state index contributed by atoms with van der Waals surface area (Å²) in [5.41, 5.74) is 6.23. The zero-order valence-corrected chi connectivity index (χ0v) is 10.8. The molecule has 3 aliphatic rings. The van der Waals surface area contributed by atoms with Crippen LogP contribution in [0.25, 0.3) is 0 Å². The summed E-state index contributed by atoms with van der Waals surface area (Å²) in [7, 11) is 0. The Hall–Kier alpha value is -0.120. The topological polar surface area (TPSA) is 38.5 Å². The molecule has 3 fully saturated rings. The molecule has 1 saturated carbocycles. The highest BCUT2D eigenvalue weighted by atomic mass is 16.5. The second-order valence-electron chi connectivity index (χ2n) is 6.18. The molecule has 0 aromatic carbocycles. The molecule has 3 heteroatoms. The molecular formula is C14H26N2O. The molecule has 3 rings (SSSR count). The van der Waals surface area contributed by atoms with Crippen LogP contribution in [-0.4, -0.2) is 43.3 Å². The molecule has 0 bridgehead atoms. The molecule has 2 saturated heterocycles. The molecule has 0 amide bonds. The minimum atomic E-state index is 0.366. The van der Waals surface area contributed by atoms with E-state index in [1.807, 2.05) is 0 Å². The molecule has 0 aromatic heterocycles. The van der Waals surface area contributed by atoms with Gasteiger partial charge in [0.25, 0.3) is 0 Å². The maximum Gasteiger partial charge on any atom is 0.0521 e. The van der Waals surface area contributed by atoms with Gasteiger partial charge in [-0.2, -0.15) is 0 Å². The van der Waals surface area contributed by atoms with Gasteiger partial charge in [-0.25, -0.2) is 0 Å². The second-order valence-corrected chi connectivity index (χ2v) is 6.18. The van der Waals surface area contributed by atoms with Crippen molar-refractivity contribution in [2.75, 3.05) is 26.3 Å². The third-order valence-electron chi connectivity index (χ3n) is 5.11. The number of ether oxygens (including phenoxy) is 1. The van der Waals surface area contributed by atoms with Crippen molar-refractivity contribution in [2.45, 2.75) is 50.6 Å². The smallest absolute Gasteiger partial charge is 0.0521 e. The zero-order chi connectivity index (χ0) is 11.7. The SMILES string of the molecule is NC1CCOCC1CN1CCCC2CCCC21. The van der Waals surface area contributed by atoms with E-state index in [0.717, 1.165) is 31.6 Å². The van der Waals surface area contributed by atoms with Gasteiger partial charge in [0.2, 0.25) is 0 Å². The molecular weight excluding hydrogens is 212 g/mol. The third kappa shape index (κ3) is 2.51. The number of nitrogens with two attached hydrogens (primary N) is 1. The van der Waals surface area contributed by atoms with Crippen LogP contribution < -0.4 is 5.73 Å². The molecule has 3 nitrogen and oxygen atoms in total. The van der Waals surface area contributed by atoms with Crippen LogP contribution in [0.15, 0.2) is 0 Å². The summed E-state index contributed by atoms with van der Waals surface area (Å²) < 4.78 is 5.60. The van der Waals surface area contributed by atoms with Crippen molar-refractivity contribution in [2.24, 2.45) is 17.6 Å². The summed E-state index contributed by atoms with van der Waals surface area (Å²) in [6.07, 6.45) is 8.24. The second kappa shape index (κ2) is 5.25. The van der Waals surface area contributed by atoms with Crippen LogP contribution in [-0.2, 0) is 4.74 Å². The molecule has 0 aromatic rings. The minimum absolute atomic E-state index is 0.366. The monoisotopic (exact) mass is 238 g/mol. The van der Waals surface area contributed by atoms with Gasteiger partial charge >= 0.3 is 0 Å². The van der Waals surface area contributed by atoms with E-state index in [9.17, 15) is 0 Å². The van der Waals surface area contributed by atoms with Crippen LogP contribution in [0.3, 0.4) is 0 Å². The number of rotatable bonds is 2. The molecule has 98 valence electrons. The fraction of sp³-hybridized carbons (Fsp3) is 1.00. The average Bonchev–Trinajstić information content (AvgIpc) is 2.81. The molecule has 17 heavy (non-hydrogen) atoms. The Morgan fingerprint density at radius 1 is 1.12 bits per heavy atom. The Labute approximate surface area is 105 Å². The van der Waals surface area contributed by atoms with Crippen molar-refractivity contribution in [3.63, 3.8) is 0 Å². The number of likely N-dealkylation sites (tertiary alicyclic amines) is 1. The maximum absolute atomic E-state index is 6.23. The van der Waals surface area contributed by atoms with Gasteiger partial charge in [0, 0.05) is 31.2 Å². The normalized spacial score (nSPS) is 43.6. The Kier molecular flexibility index (Phi) is 3.69. The molecule has 2 N–H and O–H groups in total. The largest absolute Gasteiger partial charge is 0.381 e. The number of piperidine rings is 1. The first-order valence-corrected chi connectivity index (χ1v) is 7.42. The summed E-state index contributed by atoms with van der Waals surface area (Å²) in [5.74, 6) is 1.56. The predicted molar refractivity (Wildman–Crippen MR) is 68.8 cm³/mol. The van der Waals surface area contributed by atoms with Gasteiger partial charge in [-0.05, 0) is 44.6 Å². The fourth-order valence-corrected chi connectivity index (χ4v) is 4.09. The number of hydrogen-bond acceptors (Lipinski definition) is 3. The lowest BCUT2D eigenvalue weighted by Crippen LogP contribution is -2.50. The van der Waals surface area contributed by atoms with Crippen molar-refractivity contribution >= 4 is 0 Å². The molecule has 0 spiro atoms. The zero-order valence-electron chi connectivity index (χ0n) is 10.8. The predicted octanol–water partition coefficient (Wildman–Crippen LogP) is 1.61. The quantitative estimate of drug-likeness (QED) is 0.794. The molecule has 4 atom stereocenters. The van der Waals surface area contributed by atoms with Crippen molar-refractivity contribution in [1.29, 1.82) is 0 Å². The van der Waals surface area contributed by atoms with Gasteiger partial charge in [0.1, 0.15) is 0 Å². The highest BCUT2D eigenvalue weighted by Crippen LogP contribution is 2.37. The Morgan fingerprint density at radius 2 is 2.00 bits per heavy atom. The van der Waals surface area contributed by atoms with E-state index in [0.29, 0.717) is 12.0 Å². The van der Waals surface area contributed by atoms with Gasteiger partial charge < -0.3 is 10.5 Å². The van der Waals surface area contributed by atoms with Crippen LogP contribution in [0, 0.1) is 11.8 Å². The Bertz CT molecular complexity index is 259. The standard InChI is InChI=1S/C14H26N2O/c15-13-6-8-17-10-12(13)9-16-7-2-4-11-3-1-5-14(11)16/h11-14H,1-10,15H2. The lowest BCUT2D eigenvalue weighted by atomic mass is 9.89. The van der Waals surface area contributed by atoms with Gasteiger partial charge in [-0.3, -0.25) is 4.90 Å². The maximum atomic E-state index is 6.23. The molecule has 1 aliphatic carbocycles. The Morgan fingerprint density at radius 3 is 2.88 bits per heavy atom. The molecule has 4 unspecified atom stereocenters. The summed E-state index contributed by atoms with van der Waals surface area (Å²) in [4.78, 5) is 2.74. The highest BCUT2D eigenvalue weighted by molar-refractivity contribution is 4.91. The van der Waals surface area contributed by atoms with E-state index in [4.69, 9.17) is 10.5 Å². The fourth-order valence-electron chi connectivity index (χ4n) is 4.09. The van der Waals surface area contributed by atoms with Crippen molar-refractivity contribution in [1.82, 2.24) is 4.90 Å². The van der Waals surface area contributed by atoms with E-state index in [2.05, 4.69) is 4.90 Å². The van der Waals surface area contributed by atoms with E-state index < -0.39 is 0 Å². The van der Waals surface area contributed by atoms with Crippen LogP contribution in [0.1, 0.15) is 38.5 Å². The number of nitrogens with zero attached hydrogens (tertiary/aromatic N) is 1. The van der Waals surface area contributed by atoms with Crippen molar-refractivity contribution < 1.29 is 4.74 Å². The number of fused-ring (bicyclic) bond motifs is 1. The molecule has 2 heterocycles. The van der Waals surface area contributed by atoms with Crippen LogP contribution in [0.2, 0.25) is 0 Å². The highest BCUT2D eigenvalue weighted by Gasteiger charge is 2.36. The van der Waals surface area contributed by atoms with Gasteiger partial charge in [0.15, 0.2) is 0 Å². The summed E-state index contributed by atoms with van der Waals surface area (Å²) in [6, 6.07) is 1.24. The van der Waals surface area contributed by atoms with Crippen molar-refractivity contribution in [3.05, 3.63) is 0 Å². The van der Waals surface area contributed by atoms with E-state index in [-0.39, 0.29) is 0 Å². The van der Waals surface area contributed by atoms with Crippen molar-refractivity contribution in [3.8, 4) is 0 Å². The summed E-state index contributed by atoms with van der Waals surface area (Å²) >= 11 is 0. The first kappa shape index (κ1) is 11.9. The van der Waals surface area contributed by atoms with Crippen LogP contribution in [0.5, 0.6) is 0 Å². The van der Waals surface area contributed by atoms with Crippen LogP contribution >= 0.6 is 0 Å². The first-order chi connectivity index (χ1) is 8.34. The van der Waals surface area contributed by atoms with Gasteiger partial charge in [-0.15, -0.1) is 0 Å². The van der Waals surface area contributed by atoms with E-state index >= 15 is 0 Å². The average molecular weight is 238 g/mol. The lowest BCUT2D eigenvalue weighted by molar-refractivity contribution is 0.00768. The summed E-state index contributed by atoms with van der Waals surface area (Å²) in [5, 5.41) is 0. The van der Waals surface area contributed by atoms with Gasteiger partial charge in [0.05, 0.1) is 6.61 Å². The van der Waals surface area contributed by atoms with E-state index in [1.165, 1.54) is 45.2 Å². The third-order valence-corrected chi connectivity index (χ3v) is 5.11. The lowest BCUT2D eigenvalue weighted by Gasteiger charge is -2.41. The first-order valence-electron chi connectivity index (χ1n) is 7.42. The van der Waals surface area contributed by atoms with Crippen LogP contribution in [0.4, 0.5) is 0 Å². The molecule has 2 aliphatic heterocycles.